The zero-order chi connectivity index (χ0) is 16.8. The van der Waals surface area contributed by atoms with Crippen molar-refractivity contribution >= 4 is 35.3 Å². The van der Waals surface area contributed by atoms with Crippen LogP contribution in [-0.4, -0.2) is 22.1 Å². The quantitative estimate of drug-likeness (QED) is 0.855. The number of amides is 4. The van der Waals surface area contributed by atoms with Crippen molar-refractivity contribution in [1.29, 1.82) is 0 Å². The normalized spacial score (nSPS) is 22.4. The number of carbonyl (C=O) groups excluding carboxylic acids is 2. The molecule has 0 radical (unpaired) electrons. The van der Waals surface area contributed by atoms with E-state index in [9.17, 15) is 9.59 Å². The Hall–Kier alpha value is -2.44. The van der Waals surface area contributed by atoms with Crippen molar-refractivity contribution < 1.29 is 9.59 Å². The summed E-state index contributed by atoms with van der Waals surface area (Å²) in [5, 5.41) is 9.40. The van der Waals surface area contributed by atoms with E-state index < -0.39 is 12.3 Å². The van der Waals surface area contributed by atoms with Gasteiger partial charge in [0.15, 0.2) is 12.3 Å². The van der Waals surface area contributed by atoms with E-state index in [-0.39, 0.29) is 12.1 Å². The molecule has 2 saturated heterocycles. The largest absolute Gasteiger partial charge is 0.340 e. The first-order chi connectivity index (χ1) is 11.5. The molecule has 2 N–H and O–H groups in total. The highest BCUT2D eigenvalue weighted by atomic mass is 35.5. The van der Waals surface area contributed by atoms with Crippen LogP contribution in [-0.2, 0) is 0 Å². The Labute approximate surface area is 147 Å². The molecule has 2 aliphatic heterocycles. The Morgan fingerprint density at radius 2 is 1.17 bits per heavy atom. The number of hydrogen-bond acceptors (Lipinski definition) is 2. The molecule has 2 fully saturated rings. The third kappa shape index (κ3) is 2.35. The van der Waals surface area contributed by atoms with Gasteiger partial charge in [0.25, 0.3) is 0 Å². The highest BCUT2D eigenvalue weighted by Gasteiger charge is 2.51. The Morgan fingerprint density at radius 1 is 0.750 bits per heavy atom. The minimum Gasteiger partial charge on any atom is -0.310 e. The maximum atomic E-state index is 12.5. The average Bonchev–Trinajstić information content (AvgIpc) is 3.07. The van der Waals surface area contributed by atoms with Crippen LogP contribution in [0.3, 0.4) is 0 Å². The molecule has 2 aromatic carbocycles. The summed E-state index contributed by atoms with van der Waals surface area (Å²) in [7, 11) is 0. The van der Waals surface area contributed by atoms with E-state index in [1.54, 1.807) is 48.5 Å². The second-order valence-corrected chi connectivity index (χ2v) is 6.38. The second kappa shape index (κ2) is 5.58. The van der Waals surface area contributed by atoms with Crippen molar-refractivity contribution in [3.05, 3.63) is 69.7 Å². The van der Waals surface area contributed by atoms with Gasteiger partial charge in [-0.25, -0.2) is 19.6 Å². The Balaban J connectivity index is 1.72. The van der Waals surface area contributed by atoms with Crippen LogP contribution >= 0.6 is 23.2 Å². The van der Waals surface area contributed by atoms with Crippen LogP contribution in [0.25, 0.3) is 0 Å². The molecule has 6 nitrogen and oxygen atoms in total. The predicted molar refractivity (Wildman–Crippen MR) is 89.1 cm³/mol. The van der Waals surface area contributed by atoms with Gasteiger partial charge in [-0.3, -0.25) is 0 Å². The summed E-state index contributed by atoms with van der Waals surface area (Å²) < 4.78 is 0. The van der Waals surface area contributed by atoms with Crippen molar-refractivity contribution in [3.8, 4) is 0 Å². The Kier molecular flexibility index (Phi) is 3.51. The fourth-order valence-corrected chi connectivity index (χ4v) is 3.37. The maximum Gasteiger partial charge on any atom is 0.340 e. The minimum absolute atomic E-state index is 0.372. The van der Waals surface area contributed by atoms with Crippen molar-refractivity contribution in [2.45, 2.75) is 12.3 Å². The lowest BCUT2D eigenvalue weighted by molar-refractivity contribution is 0.0672. The molecule has 0 unspecified atom stereocenters. The van der Waals surface area contributed by atoms with Crippen molar-refractivity contribution in [2.75, 3.05) is 0 Å². The third-order valence-corrected chi connectivity index (χ3v) is 4.46. The number of rotatable bonds is 2. The van der Waals surface area contributed by atoms with E-state index in [4.69, 9.17) is 23.2 Å². The van der Waals surface area contributed by atoms with Gasteiger partial charge in [0.1, 0.15) is 0 Å². The van der Waals surface area contributed by atoms with Crippen molar-refractivity contribution in [2.24, 2.45) is 0 Å². The number of nitrogens with zero attached hydrogens (tertiary/aromatic N) is 2. The van der Waals surface area contributed by atoms with E-state index in [1.807, 2.05) is 0 Å². The molecule has 0 saturated carbocycles. The summed E-state index contributed by atoms with van der Waals surface area (Å²) >= 11 is 12.0. The molecule has 2 aliphatic rings. The van der Waals surface area contributed by atoms with Gasteiger partial charge in [-0.1, -0.05) is 47.5 Å². The Bertz CT molecular complexity index is 775. The number of carbonyl (C=O) groups is 2. The standard InChI is InChI=1S/C16H12Cl2N4O2/c17-11-5-1-3-9(7-11)13-19-15(23)22-14(20-16(24)21(13)22)10-4-2-6-12(18)8-10/h1-8,13-14H,(H,19,23)(H,20,24)/t13-,14-/m1/s1. The molecule has 0 aromatic heterocycles. The maximum absolute atomic E-state index is 12.5. The summed E-state index contributed by atoms with van der Waals surface area (Å²) in [6.07, 6.45) is -1.22. The fraction of sp³-hybridized carbons (Fsp3) is 0.125. The molecule has 0 aliphatic carbocycles. The number of benzene rings is 2. The van der Waals surface area contributed by atoms with E-state index in [1.165, 1.54) is 10.0 Å². The van der Waals surface area contributed by atoms with E-state index in [0.29, 0.717) is 10.0 Å². The lowest BCUT2D eigenvalue weighted by atomic mass is 10.2. The Morgan fingerprint density at radius 3 is 1.54 bits per heavy atom. The zero-order valence-electron chi connectivity index (χ0n) is 12.2. The zero-order valence-corrected chi connectivity index (χ0v) is 13.8. The van der Waals surface area contributed by atoms with Crippen LogP contribution in [0.5, 0.6) is 0 Å². The predicted octanol–water partition coefficient (Wildman–Crippen LogP) is 3.66. The fourth-order valence-electron chi connectivity index (χ4n) is 2.97. The average molecular weight is 363 g/mol. The van der Waals surface area contributed by atoms with Crippen LogP contribution in [0.2, 0.25) is 10.0 Å². The summed E-state index contributed by atoms with van der Waals surface area (Å²) in [6, 6.07) is 13.3. The van der Waals surface area contributed by atoms with E-state index in [2.05, 4.69) is 10.6 Å². The second-order valence-electron chi connectivity index (χ2n) is 5.50. The number of urea groups is 2. The van der Waals surface area contributed by atoms with Gasteiger partial charge < -0.3 is 10.6 Å². The molecule has 2 heterocycles. The van der Waals surface area contributed by atoms with Gasteiger partial charge in [-0.15, -0.1) is 0 Å². The third-order valence-electron chi connectivity index (χ3n) is 3.99. The highest BCUT2D eigenvalue weighted by molar-refractivity contribution is 6.30. The van der Waals surface area contributed by atoms with Gasteiger partial charge in [0.05, 0.1) is 0 Å². The molecule has 8 heteroatoms. The summed E-state index contributed by atoms with van der Waals surface area (Å²) in [4.78, 5) is 24.9. The minimum atomic E-state index is -0.611. The van der Waals surface area contributed by atoms with Gasteiger partial charge in [0, 0.05) is 10.0 Å². The first-order valence-corrected chi connectivity index (χ1v) is 8.00. The first-order valence-electron chi connectivity index (χ1n) is 7.25. The van der Waals surface area contributed by atoms with Crippen molar-refractivity contribution in [3.63, 3.8) is 0 Å². The summed E-state index contributed by atoms with van der Waals surface area (Å²) in [5.74, 6) is 0. The topological polar surface area (TPSA) is 64.7 Å². The molecule has 0 bridgehead atoms. The summed E-state index contributed by atoms with van der Waals surface area (Å²) in [6.45, 7) is 0. The van der Waals surface area contributed by atoms with E-state index >= 15 is 0 Å². The van der Waals surface area contributed by atoms with Gasteiger partial charge >= 0.3 is 12.1 Å². The molecule has 24 heavy (non-hydrogen) atoms. The molecule has 2 atom stereocenters. The van der Waals surface area contributed by atoms with E-state index in [0.717, 1.165) is 11.1 Å². The molecule has 2 aromatic rings. The SMILES string of the molecule is O=C1N[C@@H](c2cccc(Cl)c2)N2C(=O)N[C@@H](c3cccc(Cl)c3)N12. The smallest absolute Gasteiger partial charge is 0.310 e. The van der Waals surface area contributed by atoms with Gasteiger partial charge in [-0.2, -0.15) is 0 Å². The van der Waals surface area contributed by atoms with Crippen LogP contribution in [0, 0.1) is 0 Å². The van der Waals surface area contributed by atoms with Crippen LogP contribution in [0.1, 0.15) is 23.5 Å². The van der Waals surface area contributed by atoms with Crippen LogP contribution < -0.4 is 10.6 Å². The highest BCUT2D eigenvalue weighted by Crippen LogP contribution is 2.37. The van der Waals surface area contributed by atoms with Crippen molar-refractivity contribution in [1.82, 2.24) is 20.7 Å². The van der Waals surface area contributed by atoms with Crippen LogP contribution in [0.15, 0.2) is 48.5 Å². The monoisotopic (exact) mass is 362 g/mol. The number of fused-ring (bicyclic) bond motifs is 1. The number of halogens is 2. The number of hydrazine groups is 1. The number of nitrogens with one attached hydrogen (secondary N) is 2. The molecule has 4 rings (SSSR count). The molecule has 4 amide bonds. The first kappa shape index (κ1) is 15.1. The van der Waals surface area contributed by atoms with Crippen LogP contribution in [0.4, 0.5) is 9.59 Å². The lowest BCUT2D eigenvalue weighted by Crippen LogP contribution is -2.36. The number of hydrogen-bond donors (Lipinski definition) is 2. The summed E-state index contributed by atoms with van der Waals surface area (Å²) in [5.41, 5.74) is 1.44. The molecular weight excluding hydrogens is 351 g/mol. The van der Waals surface area contributed by atoms with Gasteiger partial charge in [0.2, 0.25) is 0 Å². The molecule has 0 spiro atoms. The lowest BCUT2D eigenvalue weighted by Gasteiger charge is -2.24. The molecular formula is C16H12Cl2N4O2. The van der Waals surface area contributed by atoms with Gasteiger partial charge in [-0.05, 0) is 35.4 Å². The molecule has 122 valence electrons.